The molecule has 1 saturated carbocycles. The van der Waals surface area contributed by atoms with Crippen LogP contribution in [0.2, 0.25) is 0 Å². The lowest BCUT2D eigenvalue weighted by Gasteiger charge is -2.14. The van der Waals surface area contributed by atoms with E-state index in [-0.39, 0.29) is 5.41 Å². The molecule has 3 heteroatoms. The molecule has 1 fully saturated rings. The first-order chi connectivity index (χ1) is 6.73. The highest BCUT2D eigenvalue weighted by atomic mass is 79.9. The van der Waals surface area contributed by atoms with E-state index in [1.807, 2.05) is 0 Å². The highest BCUT2D eigenvalue weighted by Gasteiger charge is 2.53. The van der Waals surface area contributed by atoms with E-state index in [1.54, 1.807) is 0 Å². The maximum absolute atomic E-state index is 5.88. The zero-order chi connectivity index (χ0) is 10.2. The van der Waals surface area contributed by atoms with Crippen LogP contribution in [-0.4, -0.2) is 12.4 Å². The molecule has 0 saturated heterocycles. The van der Waals surface area contributed by atoms with E-state index in [2.05, 4.69) is 40.2 Å². The predicted molar refractivity (Wildman–Crippen MR) is 63.7 cm³/mol. The number of alkyl halides is 1. The molecule has 1 aromatic rings. The summed E-state index contributed by atoms with van der Waals surface area (Å²) in [6.07, 6.45) is 1.13. The molecule has 2 atom stereocenters. The van der Waals surface area contributed by atoms with Gasteiger partial charge in [0.15, 0.2) is 0 Å². The predicted octanol–water partition coefficient (Wildman–Crippen LogP) is 2.90. The van der Waals surface area contributed by atoms with Crippen molar-refractivity contribution < 1.29 is 0 Å². The summed E-state index contributed by atoms with van der Waals surface area (Å²) in [4.78, 5) is 0. The Kier molecular flexibility index (Phi) is 2.87. The van der Waals surface area contributed by atoms with E-state index >= 15 is 0 Å². The van der Waals surface area contributed by atoms with Crippen molar-refractivity contribution in [1.82, 2.24) is 0 Å². The highest BCUT2D eigenvalue weighted by molar-refractivity contribution is 9.10. The molecule has 0 aliphatic heterocycles. The quantitative estimate of drug-likeness (QED) is 0.843. The molecular weight excluding hydrogens is 261 g/mol. The minimum Gasteiger partial charge on any atom is -0.330 e. The first-order valence-electron chi connectivity index (χ1n) is 4.75. The van der Waals surface area contributed by atoms with Gasteiger partial charge in [-0.3, -0.25) is 0 Å². The van der Waals surface area contributed by atoms with Gasteiger partial charge in [-0.2, -0.15) is 0 Å². The molecule has 0 bridgehead atoms. The van der Waals surface area contributed by atoms with Gasteiger partial charge in [0.1, 0.15) is 0 Å². The zero-order valence-electron chi connectivity index (χ0n) is 7.84. The standard InChI is InChI=1S/C11H13BrClN/c12-10-3-1-8(2-4-10)11(7-14)5-9(11)6-13/h1-4,9H,5-7,14H2/t9-,11-/m1/s1. The van der Waals surface area contributed by atoms with Gasteiger partial charge in [-0.05, 0) is 30.0 Å². The van der Waals surface area contributed by atoms with Crippen LogP contribution in [0.25, 0.3) is 0 Å². The van der Waals surface area contributed by atoms with Crippen molar-refractivity contribution in [2.75, 3.05) is 12.4 Å². The summed E-state index contributed by atoms with van der Waals surface area (Å²) in [5.41, 5.74) is 7.33. The van der Waals surface area contributed by atoms with E-state index < -0.39 is 0 Å². The molecule has 1 aliphatic carbocycles. The van der Waals surface area contributed by atoms with E-state index in [9.17, 15) is 0 Å². The minimum atomic E-state index is 0.169. The Hall–Kier alpha value is -0.0500. The van der Waals surface area contributed by atoms with E-state index in [4.69, 9.17) is 17.3 Å². The Labute approximate surface area is 97.8 Å². The van der Waals surface area contributed by atoms with E-state index in [0.29, 0.717) is 18.3 Å². The average molecular weight is 275 g/mol. The summed E-state index contributed by atoms with van der Waals surface area (Å²) >= 11 is 9.31. The lowest BCUT2D eigenvalue weighted by molar-refractivity contribution is 0.644. The van der Waals surface area contributed by atoms with Gasteiger partial charge in [-0.15, -0.1) is 11.6 Å². The summed E-state index contributed by atoms with van der Waals surface area (Å²) in [5.74, 6) is 1.28. The van der Waals surface area contributed by atoms with Crippen LogP contribution >= 0.6 is 27.5 Å². The first-order valence-corrected chi connectivity index (χ1v) is 6.08. The smallest absolute Gasteiger partial charge is 0.0261 e. The number of benzene rings is 1. The van der Waals surface area contributed by atoms with Crippen LogP contribution in [0.1, 0.15) is 12.0 Å². The Bertz CT molecular complexity index is 325. The maximum Gasteiger partial charge on any atom is 0.0261 e. The summed E-state index contributed by atoms with van der Waals surface area (Å²) in [7, 11) is 0. The van der Waals surface area contributed by atoms with Crippen LogP contribution in [0, 0.1) is 5.92 Å². The van der Waals surface area contributed by atoms with Gasteiger partial charge in [-0.25, -0.2) is 0 Å². The van der Waals surface area contributed by atoms with Gasteiger partial charge >= 0.3 is 0 Å². The molecule has 76 valence electrons. The van der Waals surface area contributed by atoms with Gasteiger partial charge < -0.3 is 5.73 Å². The monoisotopic (exact) mass is 273 g/mol. The summed E-state index contributed by atoms with van der Waals surface area (Å²) in [6, 6.07) is 8.42. The molecule has 2 rings (SSSR count). The molecule has 0 amide bonds. The van der Waals surface area contributed by atoms with Gasteiger partial charge in [0, 0.05) is 22.3 Å². The molecule has 0 spiro atoms. The van der Waals surface area contributed by atoms with Crippen LogP contribution in [0.15, 0.2) is 28.7 Å². The number of halogens is 2. The fourth-order valence-corrected chi connectivity index (χ4v) is 2.76. The van der Waals surface area contributed by atoms with Crippen molar-refractivity contribution in [3.63, 3.8) is 0 Å². The van der Waals surface area contributed by atoms with Crippen molar-refractivity contribution in [2.45, 2.75) is 11.8 Å². The van der Waals surface area contributed by atoms with Crippen molar-refractivity contribution in [3.05, 3.63) is 34.3 Å². The van der Waals surface area contributed by atoms with Crippen LogP contribution in [0.4, 0.5) is 0 Å². The molecule has 0 unspecified atom stereocenters. The Morgan fingerprint density at radius 2 is 2.07 bits per heavy atom. The van der Waals surface area contributed by atoms with Crippen LogP contribution in [-0.2, 0) is 5.41 Å². The fourth-order valence-electron chi connectivity index (χ4n) is 2.09. The minimum absolute atomic E-state index is 0.169. The highest BCUT2D eigenvalue weighted by Crippen LogP contribution is 2.54. The van der Waals surface area contributed by atoms with Crippen LogP contribution in [0.3, 0.4) is 0 Å². The Morgan fingerprint density at radius 1 is 1.43 bits per heavy atom. The van der Waals surface area contributed by atoms with Crippen molar-refractivity contribution in [3.8, 4) is 0 Å². The Balaban J connectivity index is 2.26. The SMILES string of the molecule is NC[C@@]1(c2ccc(Br)cc2)C[C@@H]1CCl. The second kappa shape index (κ2) is 3.84. The number of rotatable bonds is 3. The lowest BCUT2D eigenvalue weighted by Crippen LogP contribution is -2.22. The second-order valence-corrected chi connectivity index (χ2v) is 5.15. The third-order valence-corrected chi connectivity index (χ3v) is 4.10. The molecule has 14 heavy (non-hydrogen) atoms. The third kappa shape index (κ3) is 1.60. The fraction of sp³-hybridized carbons (Fsp3) is 0.455. The molecular formula is C11H13BrClN. The molecule has 1 aromatic carbocycles. The molecule has 1 nitrogen and oxygen atoms in total. The summed E-state index contributed by atoms with van der Waals surface area (Å²) in [5, 5.41) is 0. The average Bonchev–Trinajstić information content (AvgIpc) is 2.94. The van der Waals surface area contributed by atoms with E-state index in [0.717, 1.165) is 10.9 Å². The molecule has 0 radical (unpaired) electrons. The van der Waals surface area contributed by atoms with Crippen LogP contribution < -0.4 is 5.73 Å². The Morgan fingerprint density at radius 3 is 2.50 bits per heavy atom. The van der Waals surface area contributed by atoms with Crippen molar-refractivity contribution in [1.29, 1.82) is 0 Å². The van der Waals surface area contributed by atoms with E-state index in [1.165, 1.54) is 5.56 Å². The number of hydrogen-bond donors (Lipinski definition) is 1. The number of nitrogens with two attached hydrogens (primary N) is 1. The third-order valence-electron chi connectivity index (χ3n) is 3.20. The van der Waals surface area contributed by atoms with Gasteiger partial charge in [-0.1, -0.05) is 28.1 Å². The van der Waals surface area contributed by atoms with Crippen LogP contribution in [0.5, 0.6) is 0 Å². The molecule has 0 heterocycles. The number of hydrogen-bond acceptors (Lipinski definition) is 1. The second-order valence-electron chi connectivity index (χ2n) is 3.92. The summed E-state index contributed by atoms with van der Waals surface area (Å²) in [6.45, 7) is 0.700. The normalized spacial score (nSPS) is 30.4. The zero-order valence-corrected chi connectivity index (χ0v) is 10.2. The van der Waals surface area contributed by atoms with Crippen molar-refractivity contribution in [2.24, 2.45) is 11.7 Å². The summed E-state index contributed by atoms with van der Waals surface area (Å²) < 4.78 is 1.11. The maximum atomic E-state index is 5.88. The molecule has 2 N–H and O–H groups in total. The van der Waals surface area contributed by atoms with Crippen molar-refractivity contribution >= 4 is 27.5 Å². The van der Waals surface area contributed by atoms with Gasteiger partial charge in [0.05, 0.1) is 0 Å². The lowest BCUT2D eigenvalue weighted by atomic mass is 9.94. The topological polar surface area (TPSA) is 26.0 Å². The largest absolute Gasteiger partial charge is 0.330 e. The molecule has 0 aromatic heterocycles. The van der Waals surface area contributed by atoms with Gasteiger partial charge in [0.25, 0.3) is 0 Å². The first kappa shape index (κ1) is 10.5. The molecule has 1 aliphatic rings. The van der Waals surface area contributed by atoms with Gasteiger partial charge in [0.2, 0.25) is 0 Å².